The summed E-state index contributed by atoms with van der Waals surface area (Å²) in [5.74, 6) is -0.310. The normalized spacial score (nSPS) is 17.8. The van der Waals surface area contributed by atoms with E-state index in [2.05, 4.69) is 14.8 Å². The number of sulfonamides is 1. The van der Waals surface area contributed by atoms with Crippen LogP contribution in [0.4, 0.5) is 24.5 Å². The maximum Gasteiger partial charge on any atom is 0.573 e. The van der Waals surface area contributed by atoms with Crippen LogP contribution in [0, 0.1) is 5.92 Å². The highest BCUT2D eigenvalue weighted by Crippen LogP contribution is 2.33. The van der Waals surface area contributed by atoms with Crippen LogP contribution in [0.1, 0.15) is 43.4 Å². The first-order valence-electron chi connectivity index (χ1n) is 12.6. The maximum absolute atomic E-state index is 12.8. The van der Waals surface area contributed by atoms with Crippen molar-refractivity contribution in [2.45, 2.75) is 51.4 Å². The minimum absolute atomic E-state index is 0.0654. The summed E-state index contributed by atoms with van der Waals surface area (Å²) in [5.41, 5.74) is 3.16. The van der Waals surface area contributed by atoms with E-state index in [1.165, 1.54) is 24.6 Å². The number of amides is 1. The molecule has 2 heterocycles. The summed E-state index contributed by atoms with van der Waals surface area (Å²) < 4.78 is 70.6. The summed E-state index contributed by atoms with van der Waals surface area (Å²) in [6.45, 7) is 0.705. The number of nitrogens with zero attached hydrogens (tertiary/aromatic N) is 1. The van der Waals surface area contributed by atoms with Gasteiger partial charge in [0.2, 0.25) is 15.9 Å². The minimum atomic E-state index is -4.78. The topological polar surface area (TPSA) is 89.4 Å². The summed E-state index contributed by atoms with van der Waals surface area (Å²) >= 11 is 0. The summed E-state index contributed by atoms with van der Waals surface area (Å²) in [4.78, 5) is 12.8. The molecule has 2 aliphatic rings. The average Bonchev–Trinajstić information content (AvgIpc) is 3.18. The second kappa shape index (κ2) is 10.4. The van der Waals surface area contributed by atoms with Gasteiger partial charge in [-0.05, 0) is 67.7 Å². The summed E-state index contributed by atoms with van der Waals surface area (Å²) in [7, 11) is -3.38. The van der Waals surface area contributed by atoms with Gasteiger partial charge in [-0.3, -0.25) is 9.52 Å². The number of aromatic nitrogens is 1. The Balaban J connectivity index is 1.41. The third-order valence-corrected chi connectivity index (χ3v) is 8.30. The lowest BCUT2D eigenvalue weighted by Crippen LogP contribution is -2.25. The Morgan fingerprint density at radius 3 is 2.68 bits per heavy atom. The lowest BCUT2D eigenvalue weighted by Gasteiger charge is -2.23. The van der Waals surface area contributed by atoms with Gasteiger partial charge in [-0.15, -0.1) is 13.2 Å². The molecular formula is C27H28F3N3O4S. The number of hydrogen-bond acceptors (Lipinski definition) is 4. The smallest absolute Gasteiger partial charge is 0.406 e. The van der Waals surface area contributed by atoms with Gasteiger partial charge < -0.3 is 14.6 Å². The number of ether oxygens (including phenoxy) is 1. The fraction of sp³-hybridized carbons (Fsp3) is 0.370. The van der Waals surface area contributed by atoms with Crippen molar-refractivity contribution in [3.63, 3.8) is 0 Å². The zero-order chi connectivity index (χ0) is 26.9. The van der Waals surface area contributed by atoms with Crippen LogP contribution in [0.5, 0.6) is 5.75 Å². The molecule has 202 valence electrons. The molecule has 11 heteroatoms. The van der Waals surface area contributed by atoms with Gasteiger partial charge in [0, 0.05) is 40.5 Å². The average molecular weight is 548 g/mol. The monoisotopic (exact) mass is 547 g/mol. The SMILES string of the molecule is O=C(/C=C/c1cc2cc(OC(F)(F)F)ccc2n1CC1CCCCC1)Nc1cccc2c1CCS(=O)(=O)N2. The number of rotatable bonds is 6. The molecule has 38 heavy (non-hydrogen) atoms. The van der Waals surface area contributed by atoms with Gasteiger partial charge in [-0.2, -0.15) is 0 Å². The van der Waals surface area contributed by atoms with Crippen molar-refractivity contribution in [3.8, 4) is 5.75 Å². The van der Waals surface area contributed by atoms with E-state index in [1.54, 1.807) is 36.4 Å². The minimum Gasteiger partial charge on any atom is -0.406 e. The van der Waals surface area contributed by atoms with Crippen LogP contribution in [0.2, 0.25) is 0 Å². The molecule has 0 bridgehead atoms. The fourth-order valence-corrected chi connectivity index (χ4v) is 6.40. The Hall–Kier alpha value is -3.47. The van der Waals surface area contributed by atoms with E-state index in [0.717, 1.165) is 31.2 Å². The summed E-state index contributed by atoms with van der Waals surface area (Å²) in [6.07, 6.45) is 4.21. The van der Waals surface area contributed by atoms with Gasteiger partial charge >= 0.3 is 6.36 Å². The van der Waals surface area contributed by atoms with Crippen LogP contribution in [0.25, 0.3) is 17.0 Å². The molecule has 1 aromatic heterocycles. The highest BCUT2D eigenvalue weighted by Gasteiger charge is 2.31. The first-order valence-corrected chi connectivity index (χ1v) is 14.2. The van der Waals surface area contributed by atoms with Crippen molar-refractivity contribution < 1.29 is 31.1 Å². The maximum atomic E-state index is 12.8. The second-order valence-electron chi connectivity index (χ2n) is 9.78. The van der Waals surface area contributed by atoms with E-state index in [9.17, 15) is 26.4 Å². The Labute approximate surface area is 218 Å². The molecule has 2 N–H and O–H groups in total. The highest BCUT2D eigenvalue weighted by atomic mass is 32.2. The number of halogens is 3. The molecule has 2 aromatic carbocycles. The molecule has 1 aliphatic heterocycles. The predicted molar refractivity (Wildman–Crippen MR) is 140 cm³/mol. The Kier molecular flexibility index (Phi) is 7.13. The molecule has 7 nitrogen and oxygen atoms in total. The lowest BCUT2D eigenvalue weighted by atomic mass is 9.89. The molecule has 1 amide bonds. The standard InChI is InChI=1S/C27H28F3N3O4S/c28-27(29,30)37-21-10-11-25-19(16-21)15-20(33(25)17-18-5-2-1-3-6-18)9-12-26(34)31-23-7-4-8-24-22(23)13-14-38(35,36)32-24/h4,7-12,15-16,18,32H,1-3,5-6,13-14,17H2,(H,31,34)/b12-9+. The molecule has 1 aliphatic carbocycles. The van der Waals surface area contributed by atoms with Crippen molar-refractivity contribution in [1.29, 1.82) is 0 Å². The van der Waals surface area contributed by atoms with Crippen LogP contribution in [-0.4, -0.2) is 31.0 Å². The number of anilines is 2. The van der Waals surface area contributed by atoms with Crippen molar-refractivity contribution in [1.82, 2.24) is 4.57 Å². The largest absolute Gasteiger partial charge is 0.573 e. The van der Waals surface area contributed by atoms with Crippen LogP contribution in [0.15, 0.2) is 48.5 Å². The van der Waals surface area contributed by atoms with Crippen molar-refractivity contribution in [2.75, 3.05) is 15.8 Å². The second-order valence-corrected chi connectivity index (χ2v) is 11.6. The van der Waals surface area contributed by atoms with Gasteiger partial charge in [0.05, 0.1) is 11.4 Å². The van der Waals surface area contributed by atoms with Crippen LogP contribution < -0.4 is 14.8 Å². The van der Waals surface area contributed by atoms with Gasteiger partial charge in [-0.1, -0.05) is 25.3 Å². The Morgan fingerprint density at radius 2 is 1.92 bits per heavy atom. The molecule has 3 aromatic rings. The molecule has 0 radical (unpaired) electrons. The quantitative estimate of drug-likeness (QED) is 0.367. The first kappa shape index (κ1) is 26.1. The molecule has 0 unspecified atom stereocenters. The molecule has 0 atom stereocenters. The van der Waals surface area contributed by atoms with Gasteiger partial charge in [0.1, 0.15) is 5.75 Å². The van der Waals surface area contributed by atoms with Crippen LogP contribution >= 0.6 is 0 Å². The third kappa shape index (κ3) is 6.15. The molecule has 0 spiro atoms. The number of alkyl halides is 3. The number of carbonyl (C=O) groups excluding carboxylic acids is 1. The van der Waals surface area contributed by atoms with E-state index in [1.807, 2.05) is 4.57 Å². The van der Waals surface area contributed by atoms with E-state index < -0.39 is 22.3 Å². The summed E-state index contributed by atoms with van der Waals surface area (Å²) in [5, 5.41) is 3.41. The zero-order valence-corrected chi connectivity index (χ0v) is 21.4. The van der Waals surface area contributed by atoms with Crippen LogP contribution in [-0.2, 0) is 27.8 Å². The molecule has 1 fully saturated rings. The van der Waals surface area contributed by atoms with E-state index in [-0.39, 0.29) is 17.9 Å². The van der Waals surface area contributed by atoms with Crippen molar-refractivity contribution in [3.05, 3.63) is 59.8 Å². The Bertz CT molecular complexity index is 1490. The Morgan fingerprint density at radius 1 is 1.13 bits per heavy atom. The lowest BCUT2D eigenvalue weighted by molar-refractivity contribution is -0.274. The van der Waals surface area contributed by atoms with Gasteiger partial charge in [0.25, 0.3) is 0 Å². The predicted octanol–water partition coefficient (Wildman–Crippen LogP) is 6.07. The van der Waals surface area contributed by atoms with Crippen LogP contribution in [0.3, 0.4) is 0 Å². The van der Waals surface area contributed by atoms with Gasteiger partial charge in [0.15, 0.2) is 0 Å². The fourth-order valence-electron chi connectivity index (χ4n) is 5.30. The van der Waals surface area contributed by atoms with Gasteiger partial charge in [-0.25, -0.2) is 8.42 Å². The van der Waals surface area contributed by atoms with E-state index in [0.29, 0.717) is 40.5 Å². The van der Waals surface area contributed by atoms with E-state index >= 15 is 0 Å². The zero-order valence-electron chi connectivity index (χ0n) is 20.6. The number of benzene rings is 2. The highest BCUT2D eigenvalue weighted by molar-refractivity contribution is 7.92. The number of carbonyl (C=O) groups is 1. The van der Waals surface area contributed by atoms with E-state index in [4.69, 9.17) is 0 Å². The summed E-state index contributed by atoms with van der Waals surface area (Å²) in [6, 6.07) is 11.1. The van der Waals surface area contributed by atoms with Crippen molar-refractivity contribution >= 4 is 44.3 Å². The van der Waals surface area contributed by atoms with Crippen molar-refractivity contribution in [2.24, 2.45) is 5.92 Å². The number of hydrogen-bond donors (Lipinski definition) is 2. The molecular weight excluding hydrogens is 519 g/mol. The molecule has 5 rings (SSSR count). The number of nitrogens with one attached hydrogen (secondary N) is 2. The number of fused-ring (bicyclic) bond motifs is 2. The molecule has 1 saturated carbocycles. The first-order chi connectivity index (χ1) is 18.1. The molecule has 0 saturated heterocycles. The third-order valence-electron chi connectivity index (χ3n) is 7.03.